The Balaban J connectivity index is 4.04. The zero-order valence-electron chi connectivity index (χ0n) is 9.39. The molecule has 0 bridgehead atoms. The fourth-order valence-corrected chi connectivity index (χ4v) is 1.74. The molecule has 0 spiro atoms. The number of hydrogen-bond donors (Lipinski definition) is 1. The van der Waals surface area contributed by atoms with Crippen molar-refractivity contribution in [3.05, 3.63) is 0 Å². The Hall–Kier alpha value is -0.370. The second-order valence-corrected chi connectivity index (χ2v) is 4.81. The smallest absolute Gasteiger partial charge is 0.133 e. The molecular formula is C11H23NO. The summed E-state index contributed by atoms with van der Waals surface area (Å²) in [6.45, 7) is 8.80. The van der Waals surface area contributed by atoms with Gasteiger partial charge in [0, 0.05) is 5.92 Å². The van der Waals surface area contributed by atoms with Gasteiger partial charge in [0.1, 0.15) is 5.78 Å². The third-order valence-corrected chi connectivity index (χ3v) is 2.48. The third kappa shape index (κ3) is 5.04. The minimum atomic E-state index is 0.0977. The van der Waals surface area contributed by atoms with Gasteiger partial charge in [0.2, 0.25) is 0 Å². The Kier molecular flexibility index (Phi) is 5.23. The Morgan fingerprint density at radius 1 is 1.31 bits per heavy atom. The van der Waals surface area contributed by atoms with Gasteiger partial charge in [0.25, 0.3) is 0 Å². The summed E-state index contributed by atoms with van der Waals surface area (Å²) >= 11 is 0. The van der Waals surface area contributed by atoms with Crippen LogP contribution in [0, 0.1) is 11.3 Å². The van der Waals surface area contributed by atoms with E-state index in [1.807, 2.05) is 0 Å². The van der Waals surface area contributed by atoms with Crippen molar-refractivity contribution in [3.63, 3.8) is 0 Å². The summed E-state index contributed by atoms with van der Waals surface area (Å²) in [4.78, 5) is 11.4. The average molecular weight is 185 g/mol. The highest BCUT2D eigenvalue weighted by Crippen LogP contribution is 2.30. The predicted octanol–water partition coefficient (Wildman–Crippen LogP) is 2.37. The van der Waals surface area contributed by atoms with Gasteiger partial charge >= 0.3 is 0 Å². The van der Waals surface area contributed by atoms with Crippen molar-refractivity contribution < 1.29 is 4.79 Å². The van der Waals surface area contributed by atoms with E-state index in [-0.39, 0.29) is 11.3 Å². The molecule has 0 aliphatic rings. The van der Waals surface area contributed by atoms with Crippen LogP contribution in [0.2, 0.25) is 0 Å². The first-order valence-corrected chi connectivity index (χ1v) is 5.10. The number of carbonyl (C=O) groups excluding carboxylic acids is 1. The Bertz CT molecular complexity index is 158. The van der Waals surface area contributed by atoms with Gasteiger partial charge in [-0.1, -0.05) is 27.2 Å². The third-order valence-electron chi connectivity index (χ3n) is 2.48. The molecule has 0 aliphatic carbocycles. The van der Waals surface area contributed by atoms with Gasteiger partial charge in [-0.25, -0.2) is 0 Å². The van der Waals surface area contributed by atoms with Crippen molar-refractivity contribution >= 4 is 5.78 Å². The first-order valence-electron chi connectivity index (χ1n) is 5.10. The maximum Gasteiger partial charge on any atom is 0.133 e. The maximum atomic E-state index is 11.4. The summed E-state index contributed by atoms with van der Waals surface area (Å²) in [5.74, 6) is 0.503. The molecular weight excluding hydrogens is 162 g/mol. The van der Waals surface area contributed by atoms with Gasteiger partial charge in [-0.3, -0.25) is 4.79 Å². The van der Waals surface area contributed by atoms with E-state index in [2.05, 4.69) is 20.8 Å². The molecule has 0 aromatic rings. The largest absolute Gasteiger partial charge is 0.330 e. The van der Waals surface area contributed by atoms with E-state index >= 15 is 0 Å². The number of nitrogens with two attached hydrogens (primary N) is 1. The molecule has 2 nitrogen and oxygen atoms in total. The topological polar surface area (TPSA) is 43.1 Å². The summed E-state index contributed by atoms with van der Waals surface area (Å²) in [5, 5.41) is 0. The van der Waals surface area contributed by atoms with E-state index in [1.54, 1.807) is 6.92 Å². The molecule has 2 N–H and O–H groups in total. The molecule has 0 saturated heterocycles. The molecule has 0 amide bonds. The Morgan fingerprint density at radius 3 is 2.15 bits per heavy atom. The van der Waals surface area contributed by atoms with Crippen LogP contribution in [0.15, 0.2) is 0 Å². The Labute approximate surface area is 81.9 Å². The van der Waals surface area contributed by atoms with Crippen LogP contribution in [0.5, 0.6) is 0 Å². The zero-order chi connectivity index (χ0) is 10.5. The number of hydrogen-bond acceptors (Lipinski definition) is 2. The lowest BCUT2D eigenvalue weighted by Crippen LogP contribution is -2.27. The molecule has 0 aliphatic heterocycles. The van der Waals surface area contributed by atoms with Gasteiger partial charge in [-0.05, 0) is 31.7 Å². The Morgan fingerprint density at radius 2 is 1.85 bits per heavy atom. The van der Waals surface area contributed by atoms with Gasteiger partial charge in [0.05, 0.1) is 0 Å². The van der Waals surface area contributed by atoms with E-state index in [0.717, 1.165) is 25.8 Å². The fraction of sp³-hybridized carbons (Fsp3) is 0.909. The quantitative estimate of drug-likeness (QED) is 0.668. The average Bonchev–Trinajstić information content (AvgIpc) is 1.94. The molecule has 0 heterocycles. The van der Waals surface area contributed by atoms with Gasteiger partial charge in [-0.2, -0.15) is 0 Å². The van der Waals surface area contributed by atoms with Crippen molar-refractivity contribution in [1.82, 2.24) is 0 Å². The summed E-state index contributed by atoms with van der Waals surface area (Å²) in [6.07, 6.45) is 3.08. The molecule has 0 aromatic heterocycles. The zero-order valence-corrected chi connectivity index (χ0v) is 9.39. The van der Waals surface area contributed by atoms with E-state index in [1.165, 1.54) is 0 Å². The number of rotatable bonds is 5. The lowest BCUT2D eigenvalue weighted by atomic mass is 9.76. The second-order valence-electron chi connectivity index (χ2n) is 4.81. The second kappa shape index (κ2) is 5.38. The highest BCUT2D eigenvalue weighted by atomic mass is 16.1. The van der Waals surface area contributed by atoms with E-state index in [9.17, 15) is 4.79 Å². The van der Waals surface area contributed by atoms with E-state index in [0.29, 0.717) is 5.78 Å². The standard InChI is InChI=1S/C11H23NO/c1-9(13)10(11(2,3)4)7-5-6-8-12/h10H,5-8,12H2,1-4H3. The normalized spacial score (nSPS) is 14.2. The van der Waals surface area contributed by atoms with Crippen LogP contribution < -0.4 is 5.73 Å². The number of unbranched alkanes of at least 4 members (excludes halogenated alkanes) is 1. The first-order chi connectivity index (χ1) is 5.89. The summed E-state index contributed by atoms with van der Waals surface area (Å²) in [5.41, 5.74) is 5.51. The molecule has 0 saturated carbocycles. The van der Waals surface area contributed by atoms with E-state index in [4.69, 9.17) is 5.73 Å². The SMILES string of the molecule is CC(=O)C(CCCCN)C(C)(C)C. The number of Topliss-reactive ketones (excluding diaryl/α,β-unsaturated/α-hetero) is 1. The van der Waals surface area contributed by atoms with Crippen LogP contribution in [0.25, 0.3) is 0 Å². The molecule has 2 heteroatoms. The van der Waals surface area contributed by atoms with Gasteiger partial charge in [-0.15, -0.1) is 0 Å². The summed E-state index contributed by atoms with van der Waals surface area (Å²) < 4.78 is 0. The van der Waals surface area contributed by atoms with Crippen LogP contribution in [-0.4, -0.2) is 12.3 Å². The van der Waals surface area contributed by atoms with Crippen LogP contribution in [0.3, 0.4) is 0 Å². The first kappa shape index (κ1) is 12.6. The number of ketones is 1. The molecule has 1 unspecified atom stereocenters. The van der Waals surface area contributed by atoms with Crippen molar-refractivity contribution in [2.75, 3.05) is 6.54 Å². The van der Waals surface area contributed by atoms with Crippen LogP contribution in [0.4, 0.5) is 0 Å². The molecule has 0 aromatic carbocycles. The maximum absolute atomic E-state index is 11.4. The van der Waals surface area contributed by atoms with Crippen LogP contribution in [0.1, 0.15) is 47.0 Å². The van der Waals surface area contributed by atoms with Crippen molar-refractivity contribution in [2.45, 2.75) is 47.0 Å². The van der Waals surface area contributed by atoms with Gasteiger partial charge in [0.15, 0.2) is 0 Å². The van der Waals surface area contributed by atoms with E-state index < -0.39 is 0 Å². The molecule has 78 valence electrons. The lowest BCUT2D eigenvalue weighted by molar-refractivity contribution is -0.124. The molecule has 0 radical (unpaired) electrons. The van der Waals surface area contributed by atoms with Crippen LogP contribution >= 0.6 is 0 Å². The van der Waals surface area contributed by atoms with Crippen molar-refractivity contribution in [2.24, 2.45) is 17.1 Å². The van der Waals surface area contributed by atoms with Crippen molar-refractivity contribution in [1.29, 1.82) is 0 Å². The molecule has 13 heavy (non-hydrogen) atoms. The number of carbonyl (C=O) groups is 1. The highest BCUT2D eigenvalue weighted by molar-refractivity contribution is 5.78. The molecule has 0 fully saturated rings. The summed E-state index contributed by atoms with van der Waals surface area (Å²) in [7, 11) is 0. The molecule has 0 rings (SSSR count). The highest BCUT2D eigenvalue weighted by Gasteiger charge is 2.27. The minimum Gasteiger partial charge on any atom is -0.330 e. The molecule has 1 atom stereocenters. The monoisotopic (exact) mass is 185 g/mol. The van der Waals surface area contributed by atoms with Crippen LogP contribution in [-0.2, 0) is 4.79 Å². The lowest BCUT2D eigenvalue weighted by Gasteiger charge is -2.28. The predicted molar refractivity (Wildman–Crippen MR) is 56.5 cm³/mol. The fourth-order valence-electron chi connectivity index (χ4n) is 1.74. The summed E-state index contributed by atoms with van der Waals surface area (Å²) in [6, 6.07) is 0. The minimum absolute atomic E-state index is 0.0977. The van der Waals surface area contributed by atoms with Crippen molar-refractivity contribution in [3.8, 4) is 0 Å². The van der Waals surface area contributed by atoms with Gasteiger partial charge < -0.3 is 5.73 Å².